The number of esters is 1. The van der Waals surface area contributed by atoms with Crippen LogP contribution in [0.5, 0.6) is 11.5 Å². The fraction of sp³-hybridized carbons (Fsp3) is 0.649. The van der Waals surface area contributed by atoms with Crippen molar-refractivity contribution in [1.29, 1.82) is 0 Å². The molecule has 0 saturated carbocycles. The molecule has 2 N–H and O–H groups in total. The maximum atomic E-state index is 12.7. The summed E-state index contributed by atoms with van der Waals surface area (Å²) in [5.41, 5.74) is 3.21. The van der Waals surface area contributed by atoms with E-state index in [1.807, 2.05) is 38.1 Å². The van der Waals surface area contributed by atoms with Gasteiger partial charge in [-0.05, 0) is 61.1 Å². The Morgan fingerprint density at radius 1 is 0.659 bits per heavy atom. The molecule has 0 saturated heterocycles. The Labute approximate surface area is 250 Å². The summed E-state index contributed by atoms with van der Waals surface area (Å²) in [5.74, 6) is 0.357. The molecule has 4 heteroatoms. The minimum atomic E-state index is -0.454. The molecule has 2 aromatic carbocycles. The van der Waals surface area contributed by atoms with Crippen LogP contribution >= 0.6 is 0 Å². The number of hydrogen-bond acceptors (Lipinski definition) is 4. The summed E-state index contributed by atoms with van der Waals surface area (Å²) >= 11 is 0. The molecule has 2 aromatic rings. The first-order valence-corrected chi connectivity index (χ1v) is 16.5. The molecule has 0 radical (unpaired) electrons. The van der Waals surface area contributed by atoms with Gasteiger partial charge in [-0.25, -0.2) is 0 Å². The van der Waals surface area contributed by atoms with E-state index < -0.39 is 5.41 Å². The van der Waals surface area contributed by atoms with Gasteiger partial charge in [0.25, 0.3) is 0 Å². The first kappa shape index (κ1) is 34.7. The number of ether oxygens (including phenoxy) is 1. The third kappa shape index (κ3) is 12.9. The Balaban J connectivity index is 1.62. The molecule has 0 atom stereocenters. The highest BCUT2D eigenvalue weighted by molar-refractivity contribution is 5.69. The van der Waals surface area contributed by atoms with E-state index in [2.05, 4.69) is 13.8 Å². The van der Waals surface area contributed by atoms with E-state index in [9.17, 15) is 15.0 Å². The molecule has 0 aliphatic rings. The number of hydrogen-bond donors (Lipinski definition) is 2. The maximum Gasteiger partial charge on any atom is 0.305 e. The zero-order chi connectivity index (χ0) is 29.9. The lowest BCUT2D eigenvalue weighted by molar-refractivity contribution is -0.144. The molecule has 0 bridgehead atoms. The van der Waals surface area contributed by atoms with Crippen molar-refractivity contribution in [3.05, 3.63) is 58.7 Å². The molecule has 4 nitrogen and oxygen atoms in total. The van der Waals surface area contributed by atoms with Gasteiger partial charge in [-0.15, -0.1) is 0 Å². The van der Waals surface area contributed by atoms with Gasteiger partial charge in [-0.1, -0.05) is 134 Å². The third-order valence-electron chi connectivity index (χ3n) is 8.76. The Morgan fingerprint density at radius 2 is 1.05 bits per heavy atom. The molecule has 0 aromatic heterocycles. The molecule has 0 aliphatic heterocycles. The second-order valence-electron chi connectivity index (χ2n) is 12.4. The van der Waals surface area contributed by atoms with Crippen LogP contribution in [0.25, 0.3) is 0 Å². The predicted octanol–water partition coefficient (Wildman–Crippen LogP) is 10.6. The summed E-state index contributed by atoms with van der Waals surface area (Å²) in [5, 5.41) is 20.1. The summed E-state index contributed by atoms with van der Waals surface area (Å²) < 4.78 is 5.60. The van der Waals surface area contributed by atoms with Crippen LogP contribution < -0.4 is 0 Å². The second kappa shape index (κ2) is 19.6. The Morgan fingerprint density at radius 3 is 1.44 bits per heavy atom. The largest absolute Gasteiger partial charge is 0.508 e. The molecule has 0 unspecified atom stereocenters. The number of phenolic OH excluding ortho intramolecular Hbond substituents is 2. The van der Waals surface area contributed by atoms with Crippen LogP contribution in [0.15, 0.2) is 36.4 Å². The highest BCUT2D eigenvalue weighted by atomic mass is 16.5. The second-order valence-corrected chi connectivity index (χ2v) is 12.4. The topological polar surface area (TPSA) is 66.8 Å². The molecular formula is C37H58O4. The van der Waals surface area contributed by atoms with Gasteiger partial charge in [0, 0.05) is 11.8 Å². The molecule has 0 fully saturated rings. The zero-order valence-electron chi connectivity index (χ0n) is 26.6. The number of carbonyl (C=O) groups excluding carboxylic acids is 1. The highest BCUT2D eigenvalue weighted by Gasteiger charge is 2.31. The number of aryl methyl sites for hydroxylation is 2. The van der Waals surface area contributed by atoms with E-state index in [0.717, 1.165) is 35.1 Å². The molecule has 0 amide bonds. The standard InChI is InChI=1S/C37H58O4/c1-5-6-7-8-9-10-11-12-13-14-15-16-17-18-19-20-27-41-36(40)25-26-37(4,32-21-23-34(38)30(2)28-32)33-22-24-35(39)31(3)29-33/h21-24,28-29,38-39H,5-20,25-27H2,1-4H3. The van der Waals surface area contributed by atoms with Crippen LogP contribution in [-0.2, 0) is 14.9 Å². The molecule has 0 heterocycles. The van der Waals surface area contributed by atoms with E-state index in [0.29, 0.717) is 19.4 Å². The minimum absolute atomic E-state index is 0.164. The van der Waals surface area contributed by atoms with Crippen LogP contribution in [0.2, 0.25) is 0 Å². The normalized spacial score (nSPS) is 11.6. The van der Waals surface area contributed by atoms with Crippen molar-refractivity contribution >= 4 is 5.97 Å². The number of unbranched alkanes of at least 4 members (excludes halogenated alkanes) is 15. The minimum Gasteiger partial charge on any atom is -0.508 e. The van der Waals surface area contributed by atoms with Gasteiger partial charge in [-0.3, -0.25) is 4.79 Å². The van der Waals surface area contributed by atoms with E-state index >= 15 is 0 Å². The molecule has 230 valence electrons. The summed E-state index contributed by atoms with van der Waals surface area (Å²) in [6.07, 6.45) is 22.1. The number of carbonyl (C=O) groups is 1. The summed E-state index contributed by atoms with van der Waals surface area (Å²) in [7, 11) is 0. The van der Waals surface area contributed by atoms with Crippen LogP contribution in [0.1, 0.15) is 152 Å². The average Bonchev–Trinajstić information content (AvgIpc) is 2.96. The Kier molecular flexibility index (Phi) is 16.6. The quantitative estimate of drug-likeness (QED) is 0.110. The summed E-state index contributed by atoms with van der Waals surface area (Å²) in [6, 6.07) is 11.2. The van der Waals surface area contributed by atoms with Crippen LogP contribution in [0, 0.1) is 13.8 Å². The lowest BCUT2D eigenvalue weighted by atomic mass is 9.72. The van der Waals surface area contributed by atoms with Crippen molar-refractivity contribution in [1.82, 2.24) is 0 Å². The number of phenols is 2. The van der Waals surface area contributed by atoms with Crippen LogP contribution in [0.3, 0.4) is 0 Å². The van der Waals surface area contributed by atoms with Gasteiger partial charge >= 0.3 is 5.97 Å². The molecule has 2 rings (SSSR count). The van der Waals surface area contributed by atoms with Gasteiger partial charge < -0.3 is 14.9 Å². The molecular weight excluding hydrogens is 508 g/mol. The lowest BCUT2D eigenvalue weighted by Gasteiger charge is -2.32. The van der Waals surface area contributed by atoms with Gasteiger partial charge in [-0.2, -0.15) is 0 Å². The first-order valence-electron chi connectivity index (χ1n) is 16.5. The lowest BCUT2D eigenvalue weighted by Crippen LogP contribution is -2.25. The Bertz CT molecular complexity index is 961. The van der Waals surface area contributed by atoms with Gasteiger partial charge in [0.15, 0.2) is 0 Å². The number of benzene rings is 2. The van der Waals surface area contributed by atoms with Crippen LogP contribution in [-0.4, -0.2) is 22.8 Å². The smallest absolute Gasteiger partial charge is 0.305 e. The van der Waals surface area contributed by atoms with Crippen molar-refractivity contribution in [2.24, 2.45) is 0 Å². The van der Waals surface area contributed by atoms with Crippen molar-refractivity contribution < 1.29 is 19.7 Å². The van der Waals surface area contributed by atoms with Crippen molar-refractivity contribution in [3.8, 4) is 11.5 Å². The highest BCUT2D eigenvalue weighted by Crippen LogP contribution is 2.39. The summed E-state index contributed by atoms with van der Waals surface area (Å²) in [6.45, 7) is 8.65. The fourth-order valence-electron chi connectivity index (χ4n) is 5.71. The van der Waals surface area contributed by atoms with E-state index in [1.165, 1.54) is 89.9 Å². The predicted molar refractivity (Wildman–Crippen MR) is 172 cm³/mol. The van der Waals surface area contributed by atoms with E-state index in [4.69, 9.17) is 4.74 Å². The van der Waals surface area contributed by atoms with Crippen molar-refractivity contribution in [3.63, 3.8) is 0 Å². The number of rotatable bonds is 22. The van der Waals surface area contributed by atoms with E-state index in [1.54, 1.807) is 12.1 Å². The maximum absolute atomic E-state index is 12.7. The average molecular weight is 567 g/mol. The van der Waals surface area contributed by atoms with E-state index in [-0.39, 0.29) is 17.5 Å². The number of aromatic hydroxyl groups is 2. The van der Waals surface area contributed by atoms with Gasteiger partial charge in [0.2, 0.25) is 0 Å². The SMILES string of the molecule is CCCCCCCCCCCCCCCCCCOC(=O)CCC(C)(c1ccc(O)c(C)c1)c1ccc(O)c(C)c1. The van der Waals surface area contributed by atoms with Gasteiger partial charge in [0.1, 0.15) is 11.5 Å². The van der Waals surface area contributed by atoms with Gasteiger partial charge in [0.05, 0.1) is 6.61 Å². The monoisotopic (exact) mass is 566 g/mol. The van der Waals surface area contributed by atoms with Crippen molar-refractivity contribution in [2.75, 3.05) is 6.61 Å². The van der Waals surface area contributed by atoms with Crippen LogP contribution in [0.4, 0.5) is 0 Å². The third-order valence-corrected chi connectivity index (χ3v) is 8.76. The van der Waals surface area contributed by atoms with Crippen molar-refractivity contribution in [2.45, 2.75) is 149 Å². The molecule has 0 aliphatic carbocycles. The fourth-order valence-corrected chi connectivity index (χ4v) is 5.71. The zero-order valence-corrected chi connectivity index (χ0v) is 26.6. The first-order chi connectivity index (χ1) is 19.8. The summed E-state index contributed by atoms with van der Waals surface area (Å²) in [4.78, 5) is 12.7. The Hall–Kier alpha value is -2.49. The molecule has 41 heavy (non-hydrogen) atoms. The molecule has 0 spiro atoms.